The Hall–Kier alpha value is -1.25. The average molecular weight is 260 g/mol. The van der Waals surface area contributed by atoms with Crippen LogP contribution < -0.4 is 10.1 Å². The molecule has 2 aliphatic carbocycles. The molecule has 2 bridgehead atoms. The van der Waals surface area contributed by atoms with Gasteiger partial charge in [-0.05, 0) is 42.1 Å². The van der Waals surface area contributed by atoms with Gasteiger partial charge < -0.3 is 10.1 Å². The van der Waals surface area contributed by atoms with Crippen LogP contribution in [0, 0.1) is 16.7 Å². The molecule has 3 rings (SSSR count). The van der Waals surface area contributed by atoms with Crippen LogP contribution in [0.25, 0.3) is 0 Å². The molecule has 0 radical (unpaired) electrons. The van der Waals surface area contributed by atoms with Crippen LogP contribution in [-0.4, -0.2) is 18.1 Å². The second kappa shape index (κ2) is 4.12. The molecule has 1 aromatic heterocycles. The summed E-state index contributed by atoms with van der Waals surface area (Å²) in [6.45, 7) is 7.34. The van der Waals surface area contributed by atoms with E-state index < -0.39 is 0 Å². The van der Waals surface area contributed by atoms with Gasteiger partial charge in [0.05, 0.1) is 19.0 Å². The van der Waals surface area contributed by atoms with E-state index in [0.717, 1.165) is 11.6 Å². The fraction of sp³-hybridized carbons (Fsp3) is 0.688. The lowest BCUT2D eigenvalue weighted by molar-refractivity contribution is 0.142. The minimum Gasteiger partial charge on any atom is -0.481 e. The van der Waals surface area contributed by atoms with Gasteiger partial charge in [0.25, 0.3) is 0 Å². The Labute approximate surface area is 115 Å². The quantitative estimate of drug-likeness (QED) is 0.899. The molecule has 3 atom stereocenters. The maximum Gasteiger partial charge on any atom is 0.213 e. The Morgan fingerprint density at radius 1 is 1.32 bits per heavy atom. The number of hydrogen-bond donors (Lipinski definition) is 1. The predicted molar refractivity (Wildman–Crippen MR) is 77.4 cm³/mol. The molecule has 0 saturated heterocycles. The monoisotopic (exact) mass is 260 g/mol. The number of methoxy groups -OCH3 is 1. The molecule has 19 heavy (non-hydrogen) atoms. The van der Waals surface area contributed by atoms with Crippen molar-refractivity contribution in [1.29, 1.82) is 0 Å². The first-order valence-corrected chi connectivity index (χ1v) is 7.24. The van der Waals surface area contributed by atoms with E-state index in [4.69, 9.17) is 4.74 Å². The highest BCUT2D eigenvalue weighted by Gasteiger charge is 2.61. The molecule has 104 valence electrons. The summed E-state index contributed by atoms with van der Waals surface area (Å²) < 4.78 is 5.10. The third kappa shape index (κ3) is 1.74. The molecule has 0 spiro atoms. The Morgan fingerprint density at radius 2 is 2.11 bits per heavy atom. The minimum atomic E-state index is 0.400. The molecular formula is C16H24N2O. The summed E-state index contributed by atoms with van der Waals surface area (Å²) >= 11 is 0. The minimum absolute atomic E-state index is 0.400. The number of pyridine rings is 1. The van der Waals surface area contributed by atoms with Crippen molar-refractivity contribution in [2.45, 2.75) is 46.1 Å². The van der Waals surface area contributed by atoms with E-state index in [-0.39, 0.29) is 0 Å². The van der Waals surface area contributed by atoms with Crippen LogP contribution in [0.2, 0.25) is 0 Å². The summed E-state index contributed by atoms with van der Waals surface area (Å²) in [6, 6.07) is 4.55. The van der Waals surface area contributed by atoms with Crippen LogP contribution in [-0.2, 0) is 0 Å². The number of rotatable bonds is 3. The summed E-state index contributed by atoms with van der Waals surface area (Å²) in [4.78, 5) is 4.28. The molecular weight excluding hydrogens is 236 g/mol. The molecule has 0 aromatic carbocycles. The van der Waals surface area contributed by atoms with Crippen LogP contribution in [0.5, 0.6) is 5.88 Å². The van der Waals surface area contributed by atoms with Crippen molar-refractivity contribution in [1.82, 2.24) is 4.98 Å². The van der Waals surface area contributed by atoms with Gasteiger partial charge in [0.1, 0.15) is 0 Å². The third-order valence-corrected chi connectivity index (χ3v) is 6.08. The van der Waals surface area contributed by atoms with Crippen LogP contribution in [0.15, 0.2) is 18.3 Å². The molecule has 2 saturated carbocycles. The van der Waals surface area contributed by atoms with Gasteiger partial charge in [-0.15, -0.1) is 0 Å². The van der Waals surface area contributed by atoms with E-state index in [0.29, 0.717) is 22.8 Å². The number of hydrogen-bond acceptors (Lipinski definition) is 3. The summed E-state index contributed by atoms with van der Waals surface area (Å²) in [7, 11) is 1.65. The second-order valence-electron chi connectivity index (χ2n) is 6.90. The fourth-order valence-electron chi connectivity index (χ4n) is 4.21. The smallest absolute Gasteiger partial charge is 0.213 e. The number of fused-ring (bicyclic) bond motifs is 2. The number of aromatic nitrogens is 1. The first-order valence-electron chi connectivity index (χ1n) is 7.24. The van der Waals surface area contributed by atoms with E-state index in [2.05, 4.69) is 37.1 Å². The Kier molecular flexibility index (Phi) is 2.77. The van der Waals surface area contributed by atoms with Gasteiger partial charge in [-0.2, -0.15) is 0 Å². The number of nitrogens with one attached hydrogen (secondary N) is 1. The normalized spacial score (nSPS) is 35.4. The van der Waals surface area contributed by atoms with Gasteiger partial charge in [-0.25, -0.2) is 4.98 Å². The van der Waals surface area contributed by atoms with E-state index in [1.54, 1.807) is 7.11 Å². The zero-order valence-corrected chi connectivity index (χ0v) is 12.4. The highest BCUT2D eigenvalue weighted by molar-refractivity contribution is 5.44. The van der Waals surface area contributed by atoms with Crippen LogP contribution in [0.4, 0.5) is 5.69 Å². The van der Waals surface area contributed by atoms with E-state index in [1.165, 1.54) is 19.3 Å². The molecule has 1 heterocycles. The van der Waals surface area contributed by atoms with Gasteiger partial charge in [-0.1, -0.05) is 20.8 Å². The third-order valence-electron chi connectivity index (χ3n) is 6.08. The first-order chi connectivity index (χ1) is 8.97. The molecule has 3 heteroatoms. The Bertz CT molecular complexity index is 468. The lowest BCUT2D eigenvalue weighted by Gasteiger charge is -2.39. The predicted octanol–water partition coefficient (Wildman–Crippen LogP) is 3.72. The Balaban J connectivity index is 1.78. The standard InChI is InChI=1S/C16H24N2O/c1-15(2)11-7-8-16(15,3)13(9-11)18-12-5-6-14(19-4)17-10-12/h5-6,10-11,13,18H,7-9H2,1-4H3. The van der Waals surface area contributed by atoms with Gasteiger partial charge in [0.2, 0.25) is 5.88 Å². The fourth-order valence-corrected chi connectivity index (χ4v) is 4.21. The van der Waals surface area contributed by atoms with Gasteiger partial charge in [0, 0.05) is 12.1 Å². The maximum atomic E-state index is 5.10. The zero-order chi connectivity index (χ0) is 13.7. The summed E-state index contributed by atoms with van der Waals surface area (Å²) in [5.74, 6) is 1.53. The van der Waals surface area contributed by atoms with E-state index in [1.807, 2.05) is 12.3 Å². The highest BCUT2D eigenvalue weighted by atomic mass is 16.5. The average Bonchev–Trinajstić information content (AvgIpc) is 2.73. The largest absolute Gasteiger partial charge is 0.481 e. The summed E-state index contributed by atoms with van der Waals surface area (Å²) in [6.07, 6.45) is 5.89. The molecule has 1 aromatic rings. The zero-order valence-electron chi connectivity index (χ0n) is 12.4. The van der Waals surface area contributed by atoms with Gasteiger partial charge in [0.15, 0.2) is 0 Å². The van der Waals surface area contributed by atoms with Gasteiger partial charge >= 0.3 is 0 Å². The first kappa shape index (κ1) is 12.8. The molecule has 0 aliphatic heterocycles. The van der Waals surface area contributed by atoms with Crippen molar-refractivity contribution in [3.05, 3.63) is 18.3 Å². The van der Waals surface area contributed by atoms with Crippen LogP contribution in [0.3, 0.4) is 0 Å². The van der Waals surface area contributed by atoms with Crippen molar-refractivity contribution in [2.24, 2.45) is 16.7 Å². The van der Waals surface area contributed by atoms with Crippen molar-refractivity contribution >= 4 is 5.69 Å². The second-order valence-corrected chi connectivity index (χ2v) is 6.90. The van der Waals surface area contributed by atoms with Crippen molar-refractivity contribution in [3.63, 3.8) is 0 Å². The van der Waals surface area contributed by atoms with Crippen molar-refractivity contribution < 1.29 is 4.74 Å². The highest BCUT2D eigenvalue weighted by Crippen LogP contribution is 2.65. The number of anilines is 1. The molecule has 3 unspecified atom stereocenters. The molecule has 1 N–H and O–H groups in total. The lowest BCUT2D eigenvalue weighted by atomic mass is 9.69. The van der Waals surface area contributed by atoms with E-state index >= 15 is 0 Å². The lowest BCUT2D eigenvalue weighted by Crippen LogP contribution is -2.40. The van der Waals surface area contributed by atoms with Crippen molar-refractivity contribution in [3.8, 4) is 5.88 Å². The molecule has 0 amide bonds. The van der Waals surface area contributed by atoms with Crippen molar-refractivity contribution in [2.75, 3.05) is 12.4 Å². The summed E-state index contributed by atoms with van der Waals surface area (Å²) in [5.41, 5.74) is 1.96. The maximum absolute atomic E-state index is 5.10. The van der Waals surface area contributed by atoms with Crippen LogP contribution in [0.1, 0.15) is 40.0 Å². The molecule has 2 aliphatic rings. The topological polar surface area (TPSA) is 34.1 Å². The van der Waals surface area contributed by atoms with Crippen LogP contribution >= 0.6 is 0 Å². The molecule has 2 fully saturated rings. The molecule has 3 nitrogen and oxygen atoms in total. The van der Waals surface area contributed by atoms with Gasteiger partial charge in [-0.3, -0.25) is 0 Å². The van der Waals surface area contributed by atoms with E-state index in [9.17, 15) is 0 Å². The summed E-state index contributed by atoms with van der Waals surface area (Å²) in [5, 5.41) is 3.70. The number of ether oxygens (including phenoxy) is 1. The number of nitrogens with zero attached hydrogens (tertiary/aromatic N) is 1. The SMILES string of the molecule is COc1ccc(NC2CC3CCC2(C)C3(C)C)cn1. The Morgan fingerprint density at radius 3 is 2.58 bits per heavy atom.